The third-order valence-electron chi connectivity index (χ3n) is 1.63. The number of nitrogens with zero attached hydrogens (tertiary/aromatic N) is 1. The van der Waals surface area contributed by atoms with E-state index in [4.69, 9.17) is 4.74 Å². The van der Waals surface area contributed by atoms with Gasteiger partial charge in [-0.05, 0) is 24.6 Å². The zero-order valence-electron chi connectivity index (χ0n) is 7.90. The molecule has 0 heterocycles. The van der Waals surface area contributed by atoms with Crippen LogP contribution in [-0.4, -0.2) is 4.92 Å². The predicted octanol–water partition coefficient (Wildman–Crippen LogP) is 2.65. The van der Waals surface area contributed by atoms with Crippen LogP contribution >= 0.6 is 0 Å². The van der Waals surface area contributed by atoms with E-state index in [9.17, 15) is 10.1 Å². The highest BCUT2D eigenvalue weighted by molar-refractivity contribution is 5.32. The minimum Gasteiger partial charge on any atom is -0.494 e. The molecule has 0 fully saturated rings. The summed E-state index contributed by atoms with van der Waals surface area (Å²) in [5.74, 6) is 0.628. The monoisotopic (exact) mass is 193 g/mol. The Bertz CT molecular complexity index is 343. The highest BCUT2D eigenvalue weighted by Crippen LogP contribution is 2.13. The van der Waals surface area contributed by atoms with Crippen molar-refractivity contribution in [2.45, 2.75) is 13.5 Å². The van der Waals surface area contributed by atoms with Crippen LogP contribution in [0.3, 0.4) is 0 Å². The molecule has 0 aliphatic rings. The third-order valence-corrected chi connectivity index (χ3v) is 1.63. The molecule has 0 aliphatic carbocycles. The van der Waals surface area contributed by atoms with E-state index in [1.54, 1.807) is 19.1 Å². The number of non-ortho nitro benzene ring substituents is 1. The van der Waals surface area contributed by atoms with Crippen molar-refractivity contribution in [2.24, 2.45) is 0 Å². The number of nitro benzene ring substituents is 1. The van der Waals surface area contributed by atoms with Crippen LogP contribution in [0.1, 0.15) is 12.5 Å². The van der Waals surface area contributed by atoms with E-state index in [0.717, 1.165) is 5.56 Å². The zero-order valence-corrected chi connectivity index (χ0v) is 7.90. The Balaban J connectivity index is 2.64. The Hall–Kier alpha value is -1.84. The van der Waals surface area contributed by atoms with Gasteiger partial charge in [0.2, 0.25) is 0 Å². The lowest BCUT2D eigenvalue weighted by Crippen LogP contribution is -1.91. The molecule has 0 saturated carbocycles. The molecule has 0 bridgehead atoms. The summed E-state index contributed by atoms with van der Waals surface area (Å²) in [6.45, 7) is 5.74. The average Bonchev–Trinajstić information content (AvgIpc) is 2.15. The summed E-state index contributed by atoms with van der Waals surface area (Å²) in [4.78, 5) is 9.91. The Labute approximate surface area is 82.0 Å². The minimum atomic E-state index is -0.427. The van der Waals surface area contributed by atoms with Crippen LogP contribution < -0.4 is 0 Å². The molecule has 0 aromatic heterocycles. The van der Waals surface area contributed by atoms with Gasteiger partial charge in [-0.25, -0.2) is 0 Å². The summed E-state index contributed by atoms with van der Waals surface area (Å²) < 4.78 is 5.16. The standard InChI is InChI=1S/C10H11NO3/c1-8(2)14-7-9-3-5-10(6-4-9)11(12)13/h3-6H,1,7H2,2H3. The predicted molar refractivity (Wildman–Crippen MR) is 52.7 cm³/mol. The first-order valence-corrected chi connectivity index (χ1v) is 4.11. The summed E-state index contributed by atoms with van der Waals surface area (Å²) in [5.41, 5.74) is 0.975. The highest BCUT2D eigenvalue weighted by atomic mass is 16.6. The highest BCUT2D eigenvalue weighted by Gasteiger charge is 2.03. The Morgan fingerprint density at radius 2 is 2.07 bits per heavy atom. The summed E-state index contributed by atoms with van der Waals surface area (Å²) in [6, 6.07) is 6.25. The second-order valence-electron chi connectivity index (χ2n) is 2.91. The summed E-state index contributed by atoms with van der Waals surface area (Å²) in [6.07, 6.45) is 0. The molecule has 1 aromatic carbocycles. The van der Waals surface area contributed by atoms with Crippen LogP contribution in [0.15, 0.2) is 36.6 Å². The van der Waals surface area contributed by atoms with Crippen molar-refractivity contribution in [3.63, 3.8) is 0 Å². The maximum atomic E-state index is 10.3. The maximum Gasteiger partial charge on any atom is 0.269 e. The number of rotatable bonds is 4. The van der Waals surface area contributed by atoms with Crippen molar-refractivity contribution in [3.05, 3.63) is 52.3 Å². The van der Waals surface area contributed by atoms with Gasteiger partial charge < -0.3 is 4.74 Å². The molecule has 0 saturated heterocycles. The van der Waals surface area contributed by atoms with Gasteiger partial charge in [0, 0.05) is 12.1 Å². The molecular weight excluding hydrogens is 182 g/mol. The first-order chi connectivity index (χ1) is 6.59. The number of hydrogen-bond donors (Lipinski definition) is 0. The van der Waals surface area contributed by atoms with Gasteiger partial charge in [0.1, 0.15) is 6.61 Å². The van der Waals surface area contributed by atoms with Gasteiger partial charge in [-0.2, -0.15) is 0 Å². The normalized spacial score (nSPS) is 9.50. The van der Waals surface area contributed by atoms with Gasteiger partial charge in [-0.1, -0.05) is 6.58 Å². The van der Waals surface area contributed by atoms with Gasteiger partial charge >= 0.3 is 0 Å². The number of ether oxygens (including phenoxy) is 1. The summed E-state index contributed by atoms with van der Waals surface area (Å²) in [5, 5.41) is 10.3. The van der Waals surface area contributed by atoms with Crippen molar-refractivity contribution in [1.82, 2.24) is 0 Å². The maximum absolute atomic E-state index is 10.3. The molecular formula is C10H11NO3. The van der Waals surface area contributed by atoms with E-state index in [1.807, 2.05) is 0 Å². The Kier molecular flexibility index (Phi) is 3.23. The first-order valence-electron chi connectivity index (χ1n) is 4.11. The second kappa shape index (κ2) is 4.41. The van der Waals surface area contributed by atoms with Crippen LogP contribution in [-0.2, 0) is 11.3 Å². The van der Waals surface area contributed by atoms with Gasteiger partial charge in [0.05, 0.1) is 10.7 Å². The lowest BCUT2D eigenvalue weighted by Gasteiger charge is -2.03. The lowest BCUT2D eigenvalue weighted by atomic mass is 10.2. The molecule has 1 aromatic rings. The molecule has 14 heavy (non-hydrogen) atoms. The molecule has 0 unspecified atom stereocenters. The first kappa shape index (κ1) is 10.2. The molecule has 74 valence electrons. The van der Waals surface area contributed by atoms with Crippen LogP contribution in [0.2, 0.25) is 0 Å². The molecule has 1 rings (SSSR count). The Morgan fingerprint density at radius 1 is 1.50 bits per heavy atom. The number of hydrogen-bond acceptors (Lipinski definition) is 3. The van der Waals surface area contributed by atoms with Crippen molar-refractivity contribution in [1.29, 1.82) is 0 Å². The SMILES string of the molecule is C=C(C)OCc1ccc([N+](=O)[O-])cc1. The smallest absolute Gasteiger partial charge is 0.269 e. The van der Waals surface area contributed by atoms with E-state index in [0.29, 0.717) is 12.4 Å². The quantitative estimate of drug-likeness (QED) is 0.419. The van der Waals surface area contributed by atoms with E-state index >= 15 is 0 Å². The molecule has 0 aliphatic heterocycles. The average molecular weight is 193 g/mol. The van der Waals surface area contributed by atoms with Gasteiger partial charge in [-0.15, -0.1) is 0 Å². The third kappa shape index (κ3) is 2.90. The van der Waals surface area contributed by atoms with Crippen LogP contribution in [0.5, 0.6) is 0 Å². The van der Waals surface area contributed by atoms with Crippen molar-refractivity contribution in [2.75, 3.05) is 0 Å². The van der Waals surface area contributed by atoms with Gasteiger partial charge in [-0.3, -0.25) is 10.1 Å². The summed E-state index contributed by atoms with van der Waals surface area (Å²) in [7, 11) is 0. The fourth-order valence-electron chi connectivity index (χ4n) is 0.920. The van der Waals surface area contributed by atoms with E-state index in [2.05, 4.69) is 6.58 Å². The second-order valence-corrected chi connectivity index (χ2v) is 2.91. The zero-order chi connectivity index (χ0) is 10.6. The molecule has 0 radical (unpaired) electrons. The van der Waals surface area contributed by atoms with Crippen molar-refractivity contribution < 1.29 is 9.66 Å². The molecule has 4 nitrogen and oxygen atoms in total. The number of benzene rings is 1. The largest absolute Gasteiger partial charge is 0.494 e. The van der Waals surface area contributed by atoms with Crippen molar-refractivity contribution in [3.8, 4) is 0 Å². The van der Waals surface area contributed by atoms with Gasteiger partial charge in [0.15, 0.2) is 0 Å². The number of allylic oxidation sites excluding steroid dienone is 1. The molecule has 0 N–H and O–H groups in total. The number of nitro groups is 1. The van der Waals surface area contributed by atoms with Crippen molar-refractivity contribution >= 4 is 5.69 Å². The van der Waals surface area contributed by atoms with Crippen LogP contribution in [0, 0.1) is 10.1 Å². The topological polar surface area (TPSA) is 52.4 Å². The molecule has 0 atom stereocenters. The minimum absolute atomic E-state index is 0.0871. The van der Waals surface area contributed by atoms with Crippen LogP contribution in [0.4, 0.5) is 5.69 Å². The summed E-state index contributed by atoms with van der Waals surface area (Å²) >= 11 is 0. The molecule has 0 amide bonds. The van der Waals surface area contributed by atoms with E-state index < -0.39 is 4.92 Å². The van der Waals surface area contributed by atoms with E-state index in [1.165, 1.54) is 12.1 Å². The lowest BCUT2D eigenvalue weighted by molar-refractivity contribution is -0.384. The van der Waals surface area contributed by atoms with Gasteiger partial charge in [0.25, 0.3) is 5.69 Å². The molecule has 4 heteroatoms. The Morgan fingerprint density at radius 3 is 2.50 bits per heavy atom. The van der Waals surface area contributed by atoms with E-state index in [-0.39, 0.29) is 5.69 Å². The fourth-order valence-corrected chi connectivity index (χ4v) is 0.920. The van der Waals surface area contributed by atoms with Crippen LogP contribution in [0.25, 0.3) is 0 Å². The fraction of sp³-hybridized carbons (Fsp3) is 0.200. The molecule has 0 spiro atoms.